The molecule has 0 aromatic heterocycles. The van der Waals surface area contributed by atoms with Crippen LogP contribution in [-0.4, -0.2) is 61.5 Å². The number of primary amides is 1. The van der Waals surface area contributed by atoms with Crippen LogP contribution in [0.2, 0.25) is 10.0 Å². The molecule has 0 spiro atoms. The highest BCUT2D eigenvalue weighted by molar-refractivity contribution is 9.10. The van der Waals surface area contributed by atoms with Crippen LogP contribution in [0.5, 0.6) is 0 Å². The average molecular weight is 542 g/mol. The Labute approximate surface area is 208 Å². The third-order valence-corrected chi connectivity index (χ3v) is 7.52. The Balaban J connectivity index is 2.03. The molecule has 0 bridgehead atoms. The van der Waals surface area contributed by atoms with Gasteiger partial charge in [-0.05, 0) is 62.3 Å². The van der Waals surface area contributed by atoms with Crippen LogP contribution < -0.4 is 5.73 Å². The quantitative estimate of drug-likeness (QED) is 0.478. The van der Waals surface area contributed by atoms with E-state index < -0.39 is 17.4 Å². The molecule has 2 aromatic carbocycles. The first kappa shape index (κ1) is 25.2. The fourth-order valence-electron chi connectivity index (χ4n) is 4.32. The van der Waals surface area contributed by atoms with Crippen molar-refractivity contribution in [1.29, 1.82) is 0 Å². The van der Waals surface area contributed by atoms with E-state index in [0.29, 0.717) is 42.4 Å². The zero-order chi connectivity index (χ0) is 23.7. The second-order valence-corrected chi connectivity index (χ2v) is 10.8. The third kappa shape index (κ3) is 5.20. The van der Waals surface area contributed by atoms with Crippen LogP contribution >= 0.6 is 39.1 Å². The van der Waals surface area contributed by atoms with Gasteiger partial charge in [0.15, 0.2) is 6.04 Å². The van der Waals surface area contributed by atoms with Gasteiger partial charge in [0.1, 0.15) is 5.41 Å². The number of carbonyl (C=O) groups is 2. The largest absolute Gasteiger partial charge is 0.364 e. The second kappa shape index (κ2) is 9.82. The Morgan fingerprint density at radius 2 is 1.78 bits per heavy atom. The number of hydrogen-bond acceptors (Lipinski definition) is 3. The lowest BCUT2D eigenvalue weighted by Crippen LogP contribution is -2.66. The number of carbonyl (C=O) groups excluding carboxylic acids is 2. The molecule has 1 saturated carbocycles. The summed E-state index contributed by atoms with van der Waals surface area (Å²) in [6.45, 7) is 1.10. The molecule has 2 amide bonds. The summed E-state index contributed by atoms with van der Waals surface area (Å²) in [5.41, 5.74) is 6.92. The molecule has 0 aliphatic heterocycles. The summed E-state index contributed by atoms with van der Waals surface area (Å²) in [6.07, 6.45) is 1.75. The van der Waals surface area contributed by atoms with E-state index in [1.54, 1.807) is 12.1 Å². The van der Waals surface area contributed by atoms with Crippen molar-refractivity contribution < 1.29 is 14.1 Å². The molecule has 1 unspecified atom stereocenters. The maximum atomic E-state index is 14.2. The van der Waals surface area contributed by atoms with Gasteiger partial charge in [-0.25, -0.2) is 4.79 Å². The number of nitrogens with zero attached hydrogens (tertiary/aromatic N) is 2. The molecule has 2 N–H and O–H groups in total. The molecule has 0 radical (unpaired) electrons. The Morgan fingerprint density at radius 1 is 1.16 bits per heavy atom. The minimum absolute atomic E-state index is 0.0236. The summed E-state index contributed by atoms with van der Waals surface area (Å²) >= 11 is 16.0. The molecule has 2 atom stereocenters. The summed E-state index contributed by atoms with van der Waals surface area (Å²) in [4.78, 5) is 29.0. The van der Waals surface area contributed by atoms with Crippen molar-refractivity contribution in [3.05, 3.63) is 68.1 Å². The Morgan fingerprint density at radius 3 is 2.28 bits per heavy atom. The van der Waals surface area contributed by atoms with E-state index >= 15 is 0 Å². The highest BCUT2D eigenvalue weighted by atomic mass is 79.9. The molecule has 8 heteroatoms. The molecule has 1 aliphatic rings. The van der Waals surface area contributed by atoms with Crippen LogP contribution in [0.4, 0.5) is 0 Å². The fourth-order valence-corrected chi connectivity index (χ4v) is 5.18. The van der Waals surface area contributed by atoms with Gasteiger partial charge in [-0.2, -0.15) is 0 Å². The van der Waals surface area contributed by atoms with Gasteiger partial charge in [-0.1, -0.05) is 57.3 Å². The molecular formula is C24H29BrCl2N3O2+. The SMILES string of the molecule is CN(C)CC[N+](C)(C(=O)C1(c2ccc(Cl)cc2Cl)CC1)[C@@H](Cc1ccc(Br)cc1)C(N)=O. The maximum absolute atomic E-state index is 14.2. The number of likely N-dealkylation sites (N-methyl/N-ethyl adjacent to an activating group) is 2. The Hall–Kier alpha value is -1.44. The van der Waals surface area contributed by atoms with Gasteiger partial charge in [0.2, 0.25) is 0 Å². The molecule has 3 rings (SSSR count). The van der Waals surface area contributed by atoms with Crippen LogP contribution in [0, 0.1) is 0 Å². The highest BCUT2D eigenvalue weighted by Crippen LogP contribution is 2.53. The van der Waals surface area contributed by atoms with Crippen LogP contribution in [0.3, 0.4) is 0 Å². The fraction of sp³-hybridized carbons (Fsp3) is 0.417. The first-order valence-corrected chi connectivity index (χ1v) is 12.1. The number of hydrogen-bond donors (Lipinski definition) is 1. The Kier molecular flexibility index (Phi) is 7.73. The number of amides is 2. The minimum atomic E-state index is -0.726. The predicted molar refractivity (Wildman–Crippen MR) is 133 cm³/mol. The van der Waals surface area contributed by atoms with Crippen LogP contribution in [0.15, 0.2) is 46.9 Å². The molecule has 1 fully saturated rings. The maximum Gasteiger partial charge on any atom is 0.324 e. The molecule has 172 valence electrons. The van der Waals surface area contributed by atoms with Gasteiger partial charge >= 0.3 is 5.91 Å². The predicted octanol–water partition coefficient (Wildman–Crippen LogP) is 4.42. The number of halogens is 3. The summed E-state index contributed by atoms with van der Waals surface area (Å²) in [5, 5.41) is 1.00. The van der Waals surface area contributed by atoms with Crippen molar-refractivity contribution in [2.24, 2.45) is 5.73 Å². The topological polar surface area (TPSA) is 63.4 Å². The van der Waals surface area contributed by atoms with Crippen molar-refractivity contribution in [3.8, 4) is 0 Å². The molecule has 0 heterocycles. The molecular weight excluding hydrogens is 513 g/mol. The van der Waals surface area contributed by atoms with Crippen molar-refractivity contribution >= 4 is 50.9 Å². The lowest BCUT2D eigenvalue weighted by atomic mass is 9.90. The van der Waals surface area contributed by atoms with E-state index in [1.165, 1.54) is 0 Å². The number of benzene rings is 2. The minimum Gasteiger partial charge on any atom is -0.364 e. The van der Waals surface area contributed by atoms with Crippen LogP contribution in [0.1, 0.15) is 24.0 Å². The van der Waals surface area contributed by atoms with Gasteiger partial charge < -0.3 is 10.6 Å². The lowest BCUT2D eigenvalue weighted by molar-refractivity contribution is -0.851. The van der Waals surface area contributed by atoms with Crippen LogP contribution in [-0.2, 0) is 21.4 Å². The highest BCUT2D eigenvalue weighted by Gasteiger charge is 2.62. The summed E-state index contributed by atoms with van der Waals surface area (Å²) in [7, 11) is 5.74. The smallest absolute Gasteiger partial charge is 0.324 e. The average Bonchev–Trinajstić information content (AvgIpc) is 3.52. The molecule has 5 nitrogen and oxygen atoms in total. The van der Waals surface area contributed by atoms with Crippen molar-refractivity contribution in [1.82, 2.24) is 4.90 Å². The van der Waals surface area contributed by atoms with E-state index in [1.807, 2.05) is 56.4 Å². The second-order valence-electron chi connectivity index (χ2n) is 9.05. The van der Waals surface area contributed by atoms with Gasteiger partial charge in [-0.15, -0.1) is 0 Å². The van der Waals surface area contributed by atoms with E-state index in [0.717, 1.165) is 15.6 Å². The number of rotatable bonds is 9. The standard InChI is InChI=1S/C24H28BrCl2N3O2/c1-29(2)12-13-30(3,21(22(28)31)14-16-4-6-17(25)7-5-16)23(32)24(10-11-24)19-9-8-18(26)15-20(19)27/h4-9,15,21H,10-14H2,1-3H3,(H-,28,31)/p+1/t21-,30?/m0/s1. The van der Waals surface area contributed by atoms with E-state index in [2.05, 4.69) is 15.9 Å². The summed E-state index contributed by atoms with van der Waals surface area (Å²) in [6, 6.07) is 12.3. The first-order valence-electron chi connectivity index (χ1n) is 10.5. The Bertz CT molecular complexity index is 1010. The zero-order valence-electron chi connectivity index (χ0n) is 18.6. The van der Waals surface area contributed by atoms with Crippen LogP contribution in [0.25, 0.3) is 0 Å². The lowest BCUT2D eigenvalue weighted by Gasteiger charge is -2.40. The monoisotopic (exact) mass is 540 g/mol. The first-order chi connectivity index (χ1) is 15.0. The van der Waals surface area contributed by atoms with Crippen molar-refractivity contribution in [2.45, 2.75) is 30.7 Å². The molecule has 32 heavy (non-hydrogen) atoms. The molecule has 2 aromatic rings. The van der Waals surface area contributed by atoms with Crippen molar-refractivity contribution in [3.63, 3.8) is 0 Å². The van der Waals surface area contributed by atoms with E-state index in [-0.39, 0.29) is 10.4 Å². The summed E-state index contributed by atoms with van der Waals surface area (Å²) in [5.74, 6) is -0.509. The summed E-state index contributed by atoms with van der Waals surface area (Å²) < 4.78 is 0.870. The normalized spacial score (nSPS) is 17.6. The number of quaternary nitrogens is 1. The third-order valence-electron chi connectivity index (χ3n) is 6.44. The van der Waals surface area contributed by atoms with Crippen molar-refractivity contribution in [2.75, 3.05) is 34.2 Å². The molecule has 0 saturated heterocycles. The van der Waals surface area contributed by atoms with Gasteiger partial charge in [0.05, 0.1) is 13.6 Å². The molecule has 1 aliphatic carbocycles. The zero-order valence-corrected chi connectivity index (χ0v) is 21.7. The van der Waals surface area contributed by atoms with E-state index in [4.69, 9.17) is 28.9 Å². The van der Waals surface area contributed by atoms with Gasteiger partial charge in [0, 0.05) is 27.5 Å². The number of nitrogens with two attached hydrogens (primary N) is 1. The van der Waals surface area contributed by atoms with Gasteiger partial charge in [0.25, 0.3) is 5.91 Å². The van der Waals surface area contributed by atoms with Gasteiger partial charge in [-0.3, -0.25) is 9.28 Å². The van der Waals surface area contributed by atoms with E-state index in [9.17, 15) is 9.59 Å².